The predicted molar refractivity (Wildman–Crippen MR) is 157 cm³/mol. The second-order valence-electron chi connectivity index (χ2n) is 11.1. The average molecular weight is 540 g/mol. The van der Waals surface area contributed by atoms with Crippen LogP contribution in [0.3, 0.4) is 0 Å². The van der Waals surface area contributed by atoms with Crippen LogP contribution < -0.4 is 10.2 Å². The summed E-state index contributed by atoms with van der Waals surface area (Å²) in [7, 11) is -3.51. The molecule has 0 spiro atoms. The maximum atomic E-state index is 13.3. The number of nitrogens with zero attached hydrogens (tertiary/aromatic N) is 2. The molecule has 2 heterocycles. The van der Waals surface area contributed by atoms with E-state index in [4.69, 9.17) is 0 Å². The zero-order valence-electron chi connectivity index (χ0n) is 23.3. The molecule has 4 rings (SSSR count). The monoisotopic (exact) mass is 539 g/mol. The minimum Gasteiger partial charge on any atom is -0.383 e. The molecule has 208 valence electrons. The second kappa shape index (κ2) is 13.6. The molecule has 0 aromatic heterocycles. The van der Waals surface area contributed by atoms with Gasteiger partial charge in [0.1, 0.15) is 0 Å². The second-order valence-corrected chi connectivity index (χ2v) is 13.1. The van der Waals surface area contributed by atoms with E-state index >= 15 is 0 Å². The molecule has 0 saturated carbocycles. The molecule has 1 N–H and O–H groups in total. The largest absolute Gasteiger partial charge is 0.383 e. The number of benzene rings is 2. The highest BCUT2D eigenvalue weighted by Crippen LogP contribution is 2.35. The molecule has 7 heteroatoms. The van der Waals surface area contributed by atoms with Crippen molar-refractivity contribution >= 4 is 27.0 Å². The van der Waals surface area contributed by atoms with Gasteiger partial charge in [0.25, 0.3) is 0 Å². The highest BCUT2D eigenvalue weighted by atomic mass is 32.2. The summed E-state index contributed by atoms with van der Waals surface area (Å²) in [5, 5.41) is 3.53. The van der Waals surface area contributed by atoms with E-state index in [1.807, 2.05) is 12.1 Å². The molecule has 2 aromatic carbocycles. The maximum Gasteiger partial charge on any atom is 0.177 e. The number of sulfone groups is 1. The minimum atomic E-state index is -3.51. The van der Waals surface area contributed by atoms with Gasteiger partial charge in [0, 0.05) is 50.1 Å². The molecule has 0 amide bonds. The molecule has 2 saturated heterocycles. The number of ketones is 1. The molecule has 0 radical (unpaired) electrons. The first kappa shape index (κ1) is 28.6. The van der Waals surface area contributed by atoms with Crippen LogP contribution in [0.4, 0.5) is 11.4 Å². The van der Waals surface area contributed by atoms with Crippen LogP contribution in [0.1, 0.15) is 74.2 Å². The third-order valence-electron chi connectivity index (χ3n) is 8.07. The van der Waals surface area contributed by atoms with Gasteiger partial charge in [-0.1, -0.05) is 50.1 Å². The summed E-state index contributed by atoms with van der Waals surface area (Å²) in [6.07, 6.45) is 10.2. The number of rotatable bonds is 13. The maximum absolute atomic E-state index is 13.3. The Kier molecular flexibility index (Phi) is 10.3. The third-order valence-corrected chi connectivity index (χ3v) is 9.20. The number of anilines is 2. The smallest absolute Gasteiger partial charge is 0.177 e. The van der Waals surface area contributed by atoms with Crippen LogP contribution in [0.2, 0.25) is 0 Å². The number of piperidine rings is 1. The lowest BCUT2D eigenvalue weighted by molar-refractivity contribution is 0.0980. The first-order valence-electron chi connectivity index (χ1n) is 14.5. The number of hydrogen-bond acceptors (Lipinski definition) is 6. The summed E-state index contributed by atoms with van der Waals surface area (Å²) in [6, 6.07) is 14.2. The van der Waals surface area contributed by atoms with Crippen molar-refractivity contribution in [2.75, 3.05) is 55.7 Å². The lowest BCUT2D eigenvalue weighted by atomic mass is 9.90. The molecule has 38 heavy (non-hydrogen) atoms. The number of hydrogen-bond donors (Lipinski definition) is 1. The summed E-state index contributed by atoms with van der Waals surface area (Å²) >= 11 is 0. The Bertz CT molecular complexity index is 1150. The molecule has 0 atom stereocenters. The fourth-order valence-corrected chi connectivity index (χ4v) is 6.74. The Morgan fingerprint density at radius 2 is 1.71 bits per heavy atom. The van der Waals surface area contributed by atoms with E-state index in [1.54, 1.807) is 6.07 Å². The van der Waals surface area contributed by atoms with E-state index in [2.05, 4.69) is 46.3 Å². The molecule has 0 unspecified atom stereocenters. The number of carbonyl (C=O) groups excluding carboxylic acids is 1. The van der Waals surface area contributed by atoms with Crippen molar-refractivity contribution in [3.8, 4) is 0 Å². The zero-order chi connectivity index (χ0) is 27.0. The van der Waals surface area contributed by atoms with E-state index < -0.39 is 9.84 Å². The van der Waals surface area contributed by atoms with Crippen molar-refractivity contribution in [3.63, 3.8) is 0 Å². The summed E-state index contributed by atoms with van der Waals surface area (Å²) in [6.45, 7) is 7.67. The molecule has 6 nitrogen and oxygen atoms in total. The Balaban J connectivity index is 1.56. The molecular formula is C31H45N3O3S. The van der Waals surface area contributed by atoms with Crippen molar-refractivity contribution in [2.45, 2.75) is 69.6 Å². The standard InChI is InChI=1S/C31H45N3O3S/c1-3-4-6-13-30(35)27-23-31(38(2,36)37)29(24-28(27)32-16-21-33-17-9-10-18-33)34-19-14-26(15-20-34)22-25-11-7-5-8-12-25/h5,7-8,11-12,23-24,26,32H,3-4,6,9-10,13-22H2,1-2H3. The lowest BCUT2D eigenvalue weighted by Gasteiger charge is -2.35. The van der Waals surface area contributed by atoms with Crippen molar-refractivity contribution in [2.24, 2.45) is 5.92 Å². The highest BCUT2D eigenvalue weighted by molar-refractivity contribution is 7.90. The summed E-state index contributed by atoms with van der Waals surface area (Å²) in [4.78, 5) is 18.2. The van der Waals surface area contributed by atoms with Crippen LogP contribution in [0.25, 0.3) is 0 Å². The fourth-order valence-electron chi connectivity index (χ4n) is 5.84. The van der Waals surface area contributed by atoms with Crippen LogP contribution in [0.15, 0.2) is 47.4 Å². The van der Waals surface area contributed by atoms with Gasteiger partial charge < -0.3 is 15.1 Å². The van der Waals surface area contributed by atoms with E-state index in [0.717, 1.165) is 89.2 Å². The van der Waals surface area contributed by atoms with Crippen molar-refractivity contribution in [1.82, 2.24) is 4.90 Å². The Morgan fingerprint density at radius 3 is 2.37 bits per heavy atom. The van der Waals surface area contributed by atoms with Crippen LogP contribution in [-0.2, 0) is 16.3 Å². The molecule has 2 fully saturated rings. The van der Waals surface area contributed by atoms with Gasteiger partial charge in [-0.05, 0) is 75.2 Å². The van der Waals surface area contributed by atoms with E-state index in [-0.39, 0.29) is 10.7 Å². The predicted octanol–water partition coefficient (Wildman–Crippen LogP) is 5.82. The van der Waals surface area contributed by atoms with Crippen LogP contribution in [0.5, 0.6) is 0 Å². The number of Topliss-reactive ketones (excluding diaryl/α,β-unsaturated/α-hetero) is 1. The summed E-state index contributed by atoms with van der Waals surface area (Å²) < 4.78 is 25.9. The molecule has 0 aliphatic carbocycles. The van der Waals surface area contributed by atoms with Crippen LogP contribution >= 0.6 is 0 Å². The molecule has 2 aromatic rings. The number of carbonyl (C=O) groups is 1. The minimum absolute atomic E-state index is 0.0279. The van der Waals surface area contributed by atoms with Gasteiger partial charge >= 0.3 is 0 Å². The number of nitrogens with one attached hydrogen (secondary N) is 1. The Labute approximate surface area is 229 Å². The molecule has 2 aliphatic rings. The van der Waals surface area contributed by atoms with Gasteiger partial charge in [-0.15, -0.1) is 0 Å². The van der Waals surface area contributed by atoms with Crippen molar-refractivity contribution in [3.05, 3.63) is 53.6 Å². The SMILES string of the molecule is CCCCCC(=O)c1cc(S(C)(=O)=O)c(N2CCC(Cc3ccccc3)CC2)cc1NCCN1CCCC1. The van der Waals surface area contributed by atoms with Gasteiger partial charge in [-0.25, -0.2) is 8.42 Å². The van der Waals surface area contributed by atoms with E-state index in [9.17, 15) is 13.2 Å². The number of likely N-dealkylation sites (tertiary alicyclic amines) is 1. The van der Waals surface area contributed by atoms with Gasteiger partial charge in [0.15, 0.2) is 15.6 Å². The highest BCUT2D eigenvalue weighted by Gasteiger charge is 2.27. The van der Waals surface area contributed by atoms with Crippen molar-refractivity contribution in [1.29, 1.82) is 0 Å². The lowest BCUT2D eigenvalue weighted by Crippen LogP contribution is -2.35. The Hall–Kier alpha value is -2.38. The topological polar surface area (TPSA) is 69.7 Å². The zero-order valence-corrected chi connectivity index (χ0v) is 24.1. The first-order chi connectivity index (χ1) is 18.3. The Morgan fingerprint density at radius 1 is 1.00 bits per heavy atom. The molecular weight excluding hydrogens is 494 g/mol. The van der Waals surface area contributed by atoms with Crippen molar-refractivity contribution < 1.29 is 13.2 Å². The number of unbranched alkanes of at least 4 members (excludes halogenated alkanes) is 2. The summed E-state index contributed by atoms with van der Waals surface area (Å²) in [5.41, 5.74) is 3.39. The normalized spacial score (nSPS) is 17.2. The van der Waals surface area contributed by atoms with Crippen LogP contribution in [-0.4, -0.2) is 64.6 Å². The van der Waals surface area contributed by atoms with Gasteiger partial charge in [0.2, 0.25) is 0 Å². The van der Waals surface area contributed by atoms with E-state index in [0.29, 0.717) is 17.9 Å². The van der Waals surface area contributed by atoms with Gasteiger partial charge in [-0.3, -0.25) is 4.79 Å². The molecule has 0 bridgehead atoms. The fraction of sp³-hybridized carbons (Fsp3) is 0.581. The average Bonchev–Trinajstić information content (AvgIpc) is 3.42. The molecule has 2 aliphatic heterocycles. The van der Waals surface area contributed by atoms with E-state index in [1.165, 1.54) is 24.7 Å². The van der Waals surface area contributed by atoms with Gasteiger partial charge in [-0.2, -0.15) is 0 Å². The van der Waals surface area contributed by atoms with Crippen LogP contribution in [0, 0.1) is 5.92 Å². The first-order valence-corrected chi connectivity index (χ1v) is 16.4. The third kappa shape index (κ3) is 7.82. The quantitative estimate of drug-likeness (QED) is 0.256. The van der Waals surface area contributed by atoms with Gasteiger partial charge in [0.05, 0.1) is 10.6 Å². The summed E-state index contributed by atoms with van der Waals surface area (Å²) in [5.74, 6) is 0.618.